The van der Waals surface area contributed by atoms with Crippen LogP contribution in [0, 0.1) is 0 Å². The number of alkyl halides is 3. The molecule has 4 nitrogen and oxygen atoms in total. The molecular formula is C11H12F3NO3. The highest BCUT2D eigenvalue weighted by Gasteiger charge is 2.31. The molecule has 0 saturated carbocycles. The summed E-state index contributed by atoms with van der Waals surface area (Å²) in [7, 11) is 0. The van der Waals surface area contributed by atoms with Crippen LogP contribution < -0.4 is 10.1 Å². The fourth-order valence-electron chi connectivity index (χ4n) is 1.49. The van der Waals surface area contributed by atoms with Crippen molar-refractivity contribution in [2.24, 2.45) is 0 Å². The molecule has 1 aromatic rings. The van der Waals surface area contributed by atoms with Gasteiger partial charge in [0.15, 0.2) is 0 Å². The van der Waals surface area contributed by atoms with Crippen LogP contribution in [0.25, 0.3) is 0 Å². The van der Waals surface area contributed by atoms with Crippen LogP contribution in [0.5, 0.6) is 5.75 Å². The van der Waals surface area contributed by atoms with Gasteiger partial charge in [-0.25, -0.2) is 0 Å². The standard InChI is InChI=1S/C11H12F3NO3/c12-11(13,14)18-9-3-1-2-8(6-9)10(4-5-16)15-7-17/h1-3,6-7,10,16H,4-5H2,(H,15,17). The lowest BCUT2D eigenvalue weighted by molar-refractivity contribution is -0.274. The second-order valence-corrected chi connectivity index (χ2v) is 3.47. The van der Waals surface area contributed by atoms with Crippen LogP contribution in [0.2, 0.25) is 0 Å². The first kappa shape index (κ1) is 14.3. The summed E-state index contributed by atoms with van der Waals surface area (Å²) in [4.78, 5) is 10.4. The zero-order valence-electron chi connectivity index (χ0n) is 9.28. The number of carbonyl (C=O) groups excluding carboxylic acids is 1. The van der Waals surface area contributed by atoms with Gasteiger partial charge in [0, 0.05) is 6.61 Å². The molecule has 0 aliphatic rings. The van der Waals surface area contributed by atoms with Crippen molar-refractivity contribution in [3.8, 4) is 5.75 Å². The van der Waals surface area contributed by atoms with Crippen LogP contribution in [0.15, 0.2) is 24.3 Å². The highest BCUT2D eigenvalue weighted by atomic mass is 19.4. The molecule has 7 heteroatoms. The molecule has 0 aliphatic carbocycles. The van der Waals surface area contributed by atoms with Gasteiger partial charge in [-0.2, -0.15) is 0 Å². The molecule has 1 unspecified atom stereocenters. The number of rotatable bonds is 6. The van der Waals surface area contributed by atoms with Gasteiger partial charge in [-0.05, 0) is 24.1 Å². The summed E-state index contributed by atoms with van der Waals surface area (Å²) >= 11 is 0. The number of nitrogens with one attached hydrogen (secondary N) is 1. The van der Waals surface area contributed by atoms with E-state index in [-0.39, 0.29) is 18.8 Å². The van der Waals surface area contributed by atoms with E-state index in [1.54, 1.807) is 6.07 Å². The van der Waals surface area contributed by atoms with Crippen molar-refractivity contribution in [2.75, 3.05) is 6.61 Å². The molecule has 0 saturated heterocycles. The molecule has 1 rings (SSSR count). The van der Waals surface area contributed by atoms with Crippen molar-refractivity contribution in [3.05, 3.63) is 29.8 Å². The van der Waals surface area contributed by atoms with E-state index in [0.717, 1.165) is 6.07 Å². The fourth-order valence-corrected chi connectivity index (χ4v) is 1.49. The maximum Gasteiger partial charge on any atom is 0.573 e. The van der Waals surface area contributed by atoms with Gasteiger partial charge in [-0.3, -0.25) is 4.79 Å². The Kier molecular flexibility index (Phi) is 4.96. The van der Waals surface area contributed by atoms with Crippen LogP contribution in [0.4, 0.5) is 13.2 Å². The van der Waals surface area contributed by atoms with Gasteiger partial charge in [0.25, 0.3) is 0 Å². The van der Waals surface area contributed by atoms with Crippen molar-refractivity contribution in [1.82, 2.24) is 5.32 Å². The Morgan fingerprint density at radius 3 is 2.72 bits per heavy atom. The fraction of sp³-hybridized carbons (Fsp3) is 0.364. The minimum absolute atomic E-state index is 0.199. The molecular weight excluding hydrogens is 251 g/mol. The third kappa shape index (κ3) is 4.62. The van der Waals surface area contributed by atoms with Crippen LogP contribution in [0.3, 0.4) is 0 Å². The Hall–Kier alpha value is -1.76. The van der Waals surface area contributed by atoms with Gasteiger partial charge in [-0.15, -0.1) is 13.2 Å². The summed E-state index contributed by atoms with van der Waals surface area (Å²) in [6.45, 7) is -0.199. The molecule has 0 spiro atoms. The molecule has 0 heterocycles. The van der Waals surface area contributed by atoms with Crippen LogP contribution in [0.1, 0.15) is 18.0 Å². The molecule has 1 amide bonds. The first-order chi connectivity index (χ1) is 8.46. The molecule has 0 aliphatic heterocycles. The Bertz CT molecular complexity index is 395. The second kappa shape index (κ2) is 6.25. The number of benzene rings is 1. The van der Waals surface area contributed by atoms with Crippen molar-refractivity contribution in [1.29, 1.82) is 0 Å². The minimum atomic E-state index is -4.76. The monoisotopic (exact) mass is 263 g/mol. The van der Waals surface area contributed by atoms with Crippen LogP contribution in [-0.4, -0.2) is 24.5 Å². The van der Waals surface area contributed by atoms with E-state index in [1.807, 2.05) is 0 Å². The summed E-state index contributed by atoms with van der Waals surface area (Å²) in [5.74, 6) is -0.365. The zero-order valence-corrected chi connectivity index (χ0v) is 9.28. The SMILES string of the molecule is O=CNC(CCO)c1cccc(OC(F)(F)F)c1. The first-order valence-electron chi connectivity index (χ1n) is 5.12. The van der Waals surface area contributed by atoms with Crippen molar-refractivity contribution in [2.45, 2.75) is 18.8 Å². The molecule has 0 radical (unpaired) electrons. The normalized spacial score (nSPS) is 12.9. The summed E-state index contributed by atoms with van der Waals surface area (Å²) in [5.41, 5.74) is 0.429. The molecule has 2 N–H and O–H groups in total. The van der Waals surface area contributed by atoms with Gasteiger partial charge < -0.3 is 15.2 Å². The zero-order chi connectivity index (χ0) is 13.6. The van der Waals surface area contributed by atoms with Gasteiger partial charge in [-0.1, -0.05) is 12.1 Å². The van der Waals surface area contributed by atoms with Crippen LogP contribution >= 0.6 is 0 Å². The lowest BCUT2D eigenvalue weighted by Crippen LogP contribution is -2.21. The van der Waals surface area contributed by atoms with Crippen molar-refractivity contribution >= 4 is 6.41 Å². The Labute approximate surface area is 101 Å². The first-order valence-corrected chi connectivity index (χ1v) is 5.12. The van der Waals surface area contributed by atoms with Gasteiger partial charge in [0.2, 0.25) is 6.41 Å². The highest BCUT2D eigenvalue weighted by Crippen LogP contribution is 2.26. The van der Waals surface area contributed by atoms with Gasteiger partial charge >= 0.3 is 6.36 Å². The molecule has 18 heavy (non-hydrogen) atoms. The third-order valence-electron chi connectivity index (χ3n) is 2.18. The quantitative estimate of drug-likeness (QED) is 0.769. The van der Waals surface area contributed by atoms with E-state index in [9.17, 15) is 18.0 Å². The van der Waals surface area contributed by atoms with Crippen LogP contribution in [-0.2, 0) is 4.79 Å². The van der Waals surface area contributed by atoms with E-state index < -0.39 is 12.4 Å². The molecule has 0 fully saturated rings. The highest BCUT2D eigenvalue weighted by molar-refractivity contribution is 5.48. The van der Waals surface area contributed by atoms with E-state index in [4.69, 9.17) is 5.11 Å². The van der Waals surface area contributed by atoms with Gasteiger partial charge in [0.05, 0.1) is 6.04 Å². The second-order valence-electron chi connectivity index (χ2n) is 3.47. The number of aliphatic hydroxyl groups excluding tert-OH is 1. The molecule has 1 aromatic carbocycles. The lowest BCUT2D eigenvalue weighted by atomic mass is 10.0. The van der Waals surface area contributed by atoms with E-state index in [0.29, 0.717) is 12.0 Å². The molecule has 0 aromatic heterocycles. The topological polar surface area (TPSA) is 58.6 Å². The van der Waals surface area contributed by atoms with Gasteiger partial charge in [0.1, 0.15) is 5.75 Å². The Morgan fingerprint density at radius 1 is 1.44 bits per heavy atom. The number of hydrogen-bond acceptors (Lipinski definition) is 3. The van der Waals surface area contributed by atoms with E-state index >= 15 is 0 Å². The summed E-state index contributed by atoms with van der Waals surface area (Å²) in [5, 5.41) is 11.2. The average Bonchev–Trinajstić information content (AvgIpc) is 2.27. The average molecular weight is 263 g/mol. The molecule has 0 bridgehead atoms. The molecule has 1 atom stereocenters. The predicted molar refractivity (Wildman–Crippen MR) is 56.8 cm³/mol. The number of amides is 1. The number of hydrogen-bond donors (Lipinski definition) is 2. The largest absolute Gasteiger partial charge is 0.573 e. The number of carbonyl (C=O) groups is 1. The summed E-state index contributed by atoms with van der Waals surface area (Å²) < 4.78 is 39.9. The summed E-state index contributed by atoms with van der Waals surface area (Å²) in [6, 6.07) is 4.70. The summed E-state index contributed by atoms with van der Waals surface area (Å²) in [6.07, 6.45) is -4.13. The van der Waals surface area contributed by atoms with Crippen molar-refractivity contribution in [3.63, 3.8) is 0 Å². The van der Waals surface area contributed by atoms with Crippen molar-refractivity contribution < 1.29 is 27.8 Å². The smallest absolute Gasteiger partial charge is 0.406 e. The third-order valence-corrected chi connectivity index (χ3v) is 2.18. The predicted octanol–water partition coefficient (Wildman–Crippen LogP) is 1.75. The lowest BCUT2D eigenvalue weighted by Gasteiger charge is -2.16. The number of ether oxygens (including phenoxy) is 1. The maximum atomic E-state index is 12.0. The Morgan fingerprint density at radius 2 is 2.17 bits per heavy atom. The minimum Gasteiger partial charge on any atom is -0.406 e. The number of halogens is 3. The number of aliphatic hydroxyl groups is 1. The Balaban J connectivity index is 2.88. The van der Waals surface area contributed by atoms with E-state index in [1.165, 1.54) is 12.1 Å². The molecule has 100 valence electrons. The maximum absolute atomic E-state index is 12.0. The van der Waals surface area contributed by atoms with E-state index in [2.05, 4.69) is 10.1 Å².